The smallest absolute Gasteiger partial charge is 0.264 e. The van der Waals surface area contributed by atoms with Crippen molar-refractivity contribution < 1.29 is 22.7 Å². The molecule has 1 atom stereocenters. The molecule has 0 saturated heterocycles. The van der Waals surface area contributed by atoms with Crippen LogP contribution in [0, 0.1) is 12.8 Å². The molecule has 0 saturated carbocycles. The van der Waals surface area contributed by atoms with E-state index in [1.54, 1.807) is 43.5 Å². The fourth-order valence-corrected chi connectivity index (χ4v) is 6.85. The molecule has 0 heterocycles. The Morgan fingerprint density at radius 1 is 0.872 bits per heavy atom. The largest absolute Gasteiger partial charge is 0.497 e. The monoisotopic (exact) mass is 695 g/mol. The van der Waals surface area contributed by atoms with Crippen LogP contribution in [-0.4, -0.2) is 51.4 Å². The van der Waals surface area contributed by atoms with E-state index in [2.05, 4.69) is 5.32 Å². The van der Waals surface area contributed by atoms with E-state index >= 15 is 0 Å². The third kappa shape index (κ3) is 9.28. The van der Waals surface area contributed by atoms with Crippen molar-refractivity contribution in [1.82, 2.24) is 10.2 Å². The molecule has 0 bridgehead atoms. The van der Waals surface area contributed by atoms with Crippen LogP contribution in [0.1, 0.15) is 30.5 Å². The molecule has 8 nitrogen and oxygen atoms in total. The fourth-order valence-electron chi connectivity index (χ4n) is 4.98. The molecule has 0 aliphatic heterocycles. The minimum absolute atomic E-state index is 0.00430. The lowest BCUT2D eigenvalue weighted by molar-refractivity contribution is -0.140. The van der Waals surface area contributed by atoms with Gasteiger partial charge in [-0.05, 0) is 60.4 Å². The average Bonchev–Trinajstić information content (AvgIpc) is 3.06. The average molecular weight is 697 g/mol. The maximum Gasteiger partial charge on any atom is 0.264 e. The zero-order valence-corrected chi connectivity index (χ0v) is 29.1. The summed E-state index contributed by atoms with van der Waals surface area (Å²) in [5.41, 5.74) is 2.44. The first-order valence-electron chi connectivity index (χ1n) is 15.2. The summed E-state index contributed by atoms with van der Waals surface area (Å²) >= 11 is 12.9. The standard InChI is InChI=1S/C36H39Cl2N3O5S/c1-25(2)22-39-36(43)33(21-27-10-6-5-7-11-27)40(23-28-12-8-13-29(20-28)46-4)34(42)24-41(32-15-9-14-31(37)35(32)38)47(44,45)30-18-16-26(3)17-19-30/h5-20,25,33H,21-24H2,1-4H3,(H,39,43). The van der Waals surface area contributed by atoms with Crippen LogP contribution in [-0.2, 0) is 32.6 Å². The number of hydrogen-bond acceptors (Lipinski definition) is 5. The number of halogens is 2. The second kappa shape index (κ2) is 16.2. The van der Waals surface area contributed by atoms with Crippen LogP contribution in [0.4, 0.5) is 5.69 Å². The van der Waals surface area contributed by atoms with Gasteiger partial charge in [0.1, 0.15) is 18.3 Å². The predicted molar refractivity (Wildman–Crippen MR) is 187 cm³/mol. The van der Waals surface area contributed by atoms with Crippen LogP contribution in [0.5, 0.6) is 5.75 Å². The van der Waals surface area contributed by atoms with Gasteiger partial charge in [0.25, 0.3) is 10.0 Å². The number of benzene rings is 4. The minimum Gasteiger partial charge on any atom is -0.497 e. The number of amides is 2. The number of carbonyl (C=O) groups excluding carboxylic acids is 2. The van der Waals surface area contributed by atoms with Crippen molar-refractivity contribution in [2.45, 2.75) is 44.7 Å². The summed E-state index contributed by atoms with van der Waals surface area (Å²) in [6.07, 6.45) is 0.198. The van der Waals surface area contributed by atoms with Crippen molar-refractivity contribution in [2.75, 3.05) is 24.5 Å². The molecule has 0 aliphatic carbocycles. The van der Waals surface area contributed by atoms with Crippen molar-refractivity contribution in [1.29, 1.82) is 0 Å². The molecule has 4 aromatic rings. The Morgan fingerprint density at radius 2 is 1.53 bits per heavy atom. The van der Waals surface area contributed by atoms with E-state index in [0.29, 0.717) is 17.9 Å². The number of carbonyl (C=O) groups is 2. The molecular weight excluding hydrogens is 657 g/mol. The molecule has 1 unspecified atom stereocenters. The van der Waals surface area contributed by atoms with E-state index in [0.717, 1.165) is 15.4 Å². The third-order valence-corrected chi connectivity index (χ3v) is 10.1. The number of hydrogen-bond donors (Lipinski definition) is 1. The highest BCUT2D eigenvalue weighted by Crippen LogP contribution is 2.36. The van der Waals surface area contributed by atoms with E-state index in [1.807, 2.05) is 57.2 Å². The van der Waals surface area contributed by atoms with Crippen molar-refractivity contribution in [3.63, 3.8) is 0 Å². The number of anilines is 1. The first-order valence-corrected chi connectivity index (χ1v) is 17.4. The minimum atomic E-state index is -4.33. The summed E-state index contributed by atoms with van der Waals surface area (Å²) in [7, 11) is -2.78. The van der Waals surface area contributed by atoms with Crippen molar-refractivity contribution in [3.05, 3.63) is 124 Å². The first kappa shape index (κ1) is 35.8. The van der Waals surface area contributed by atoms with Gasteiger partial charge in [-0.3, -0.25) is 13.9 Å². The first-order chi connectivity index (χ1) is 22.4. The normalized spacial score (nSPS) is 12.0. The fraction of sp³-hybridized carbons (Fsp3) is 0.278. The summed E-state index contributed by atoms with van der Waals surface area (Å²) < 4.78 is 34.8. The summed E-state index contributed by atoms with van der Waals surface area (Å²) in [4.78, 5) is 29.9. The molecule has 47 heavy (non-hydrogen) atoms. The summed E-state index contributed by atoms with van der Waals surface area (Å²) in [5, 5.41) is 3.09. The van der Waals surface area contributed by atoms with Gasteiger partial charge in [-0.25, -0.2) is 8.42 Å². The Labute approximate surface area is 287 Å². The van der Waals surface area contributed by atoms with Crippen LogP contribution in [0.2, 0.25) is 10.0 Å². The zero-order valence-electron chi connectivity index (χ0n) is 26.8. The molecule has 0 aromatic heterocycles. The predicted octanol–water partition coefficient (Wildman–Crippen LogP) is 6.92. The van der Waals surface area contributed by atoms with Gasteiger partial charge in [-0.1, -0.05) is 103 Å². The highest BCUT2D eigenvalue weighted by molar-refractivity contribution is 7.92. The maximum atomic E-state index is 14.6. The van der Waals surface area contributed by atoms with Gasteiger partial charge < -0.3 is 15.0 Å². The Morgan fingerprint density at radius 3 is 2.19 bits per heavy atom. The number of methoxy groups -OCH3 is 1. The molecule has 1 N–H and O–H groups in total. The van der Waals surface area contributed by atoms with Crippen molar-refractivity contribution in [3.8, 4) is 5.75 Å². The molecule has 0 radical (unpaired) electrons. The van der Waals surface area contributed by atoms with Crippen molar-refractivity contribution >= 4 is 50.7 Å². The van der Waals surface area contributed by atoms with E-state index in [1.165, 1.54) is 29.2 Å². The molecule has 0 aliphatic rings. The van der Waals surface area contributed by atoms with Gasteiger partial charge in [0.05, 0.1) is 27.7 Å². The lowest BCUT2D eigenvalue weighted by Crippen LogP contribution is -2.53. The molecule has 11 heteroatoms. The molecule has 0 fully saturated rings. The summed E-state index contributed by atoms with van der Waals surface area (Å²) in [6, 6.07) is 26.5. The lowest BCUT2D eigenvalue weighted by Gasteiger charge is -2.34. The highest BCUT2D eigenvalue weighted by atomic mass is 35.5. The Kier molecular flexibility index (Phi) is 12.3. The maximum absolute atomic E-state index is 14.6. The van der Waals surface area contributed by atoms with Gasteiger partial charge in [-0.15, -0.1) is 0 Å². The van der Waals surface area contributed by atoms with Gasteiger partial charge in [0.15, 0.2) is 0 Å². The van der Waals surface area contributed by atoms with Crippen LogP contribution in [0.3, 0.4) is 0 Å². The van der Waals surface area contributed by atoms with Crippen LogP contribution in [0.25, 0.3) is 0 Å². The molecule has 2 amide bonds. The summed E-state index contributed by atoms with van der Waals surface area (Å²) in [6.45, 7) is 5.56. The number of nitrogens with one attached hydrogen (secondary N) is 1. The lowest BCUT2D eigenvalue weighted by atomic mass is 10.0. The SMILES string of the molecule is COc1cccc(CN(C(=O)CN(c2cccc(Cl)c2Cl)S(=O)(=O)c2ccc(C)cc2)C(Cc2ccccc2)C(=O)NCC(C)C)c1. The molecule has 248 valence electrons. The topological polar surface area (TPSA) is 96.0 Å². The number of ether oxygens (including phenoxy) is 1. The van der Waals surface area contributed by atoms with Crippen LogP contribution < -0.4 is 14.4 Å². The van der Waals surface area contributed by atoms with E-state index in [9.17, 15) is 18.0 Å². The highest BCUT2D eigenvalue weighted by Gasteiger charge is 2.35. The van der Waals surface area contributed by atoms with Crippen molar-refractivity contribution in [2.24, 2.45) is 5.92 Å². The van der Waals surface area contributed by atoms with E-state index < -0.39 is 28.5 Å². The van der Waals surface area contributed by atoms with E-state index in [-0.39, 0.29) is 45.4 Å². The number of sulfonamides is 1. The second-order valence-corrected chi connectivity index (χ2v) is 14.3. The third-order valence-electron chi connectivity index (χ3n) is 7.53. The molecule has 4 aromatic carbocycles. The van der Waals surface area contributed by atoms with Crippen LogP contribution >= 0.6 is 23.2 Å². The summed E-state index contributed by atoms with van der Waals surface area (Å²) in [5.74, 6) is -0.222. The van der Waals surface area contributed by atoms with Gasteiger partial charge in [0, 0.05) is 19.5 Å². The zero-order chi connectivity index (χ0) is 34.1. The molecule has 4 rings (SSSR count). The van der Waals surface area contributed by atoms with Gasteiger partial charge in [0.2, 0.25) is 11.8 Å². The van der Waals surface area contributed by atoms with Gasteiger partial charge >= 0.3 is 0 Å². The van der Waals surface area contributed by atoms with E-state index in [4.69, 9.17) is 27.9 Å². The number of nitrogens with zero attached hydrogens (tertiary/aromatic N) is 2. The number of aryl methyl sites for hydroxylation is 1. The van der Waals surface area contributed by atoms with Gasteiger partial charge in [-0.2, -0.15) is 0 Å². The second-order valence-electron chi connectivity index (χ2n) is 11.6. The number of rotatable bonds is 14. The Balaban J connectivity index is 1.84. The quantitative estimate of drug-likeness (QED) is 0.155. The Hall–Kier alpha value is -4.05. The van der Waals surface area contributed by atoms with Crippen LogP contribution in [0.15, 0.2) is 102 Å². The molecular formula is C36H39Cl2N3O5S. The molecule has 0 spiro atoms. The Bertz CT molecular complexity index is 1780.